The number of carbonyl (C=O) groups excluding carboxylic acids is 3. The van der Waals surface area contributed by atoms with E-state index < -0.39 is 0 Å². The third kappa shape index (κ3) is 8.25. The van der Waals surface area contributed by atoms with E-state index in [1.165, 1.54) is 0 Å². The molecule has 7 heteroatoms. The number of rotatable bonds is 12. The third-order valence-corrected chi connectivity index (χ3v) is 5.28. The lowest BCUT2D eigenvalue weighted by molar-refractivity contribution is -0.114. The Labute approximate surface area is 196 Å². The molecule has 2 aromatic rings. The van der Waals surface area contributed by atoms with Gasteiger partial charge in [-0.25, -0.2) is 0 Å². The highest BCUT2D eigenvalue weighted by molar-refractivity contribution is 5.97. The number of hydrogen-bond acceptors (Lipinski definition) is 4. The second kappa shape index (κ2) is 13.3. The molecule has 0 spiro atoms. The lowest BCUT2D eigenvalue weighted by atomic mass is 10.1. The van der Waals surface area contributed by atoms with Gasteiger partial charge in [0.25, 0.3) is 11.8 Å². The predicted octanol–water partition coefficient (Wildman–Crippen LogP) is 4.53. The number of amides is 3. The lowest BCUT2D eigenvalue weighted by Gasteiger charge is -2.21. The Hall–Kier alpha value is -3.35. The van der Waals surface area contributed by atoms with Gasteiger partial charge in [0.15, 0.2) is 0 Å². The van der Waals surface area contributed by atoms with Gasteiger partial charge in [0.1, 0.15) is 0 Å². The van der Waals surface area contributed by atoms with Crippen LogP contribution in [0.4, 0.5) is 11.4 Å². The van der Waals surface area contributed by atoms with Gasteiger partial charge in [-0.2, -0.15) is 0 Å². The van der Waals surface area contributed by atoms with Crippen LogP contribution in [0.3, 0.4) is 0 Å². The van der Waals surface area contributed by atoms with Crippen molar-refractivity contribution in [2.75, 3.05) is 30.3 Å². The normalized spacial score (nSPS) is 11.4. The summed E-state index contributed by atoms with van der Waals surface area (Å²) in [6, 6.07) is 14.1. The maximum absolute atomic E-state index is 12.7. The summed E-state index contributed by atoms with van der Waals surface area (Å²) >= 11 is 0. The van der Waals surface area contributed by atoms with Gasteiger partial charge in [0.2, 0.25) is 5.91 Å². The van der Waals surface area contributed by atoms with Gasteiger partial charge >= 0.3 is 0 Å². The minimum atomic E-state index is -0.203. The summed E-state index contributed by atoms with van der Waals surface area (Å²) in [4.78, 5) is 39.0. The molecule has 3 N–H and O–H groups in total. The van der Waals surface area contributed by atoms with E-state index in [0.29, 0.717) is 16.8 Å². The highest BCUT2D eigenvalue weighted by atomic mass is 16.2. The quantitative estimate of drug-likeness (QED) is 0.441. The molecule has 0 heterocycles. The fraction of sp³-hybridized carbons (Fsp3) is 0.423. The Balaban J connectivity index is 1.86. The maximum atomic E-state index is 12.7. The zero-order chi connectivity index (χ0) is 24.2. The Morgan fingerprint density at radius 2 is 1.36 bits per heavy atom. The number of carbonyl (C=O) groups is 3. The number of hydrogen-bond donors (Lipinski definition) is 3. The van der Waals surface area contributed by atoms with Gasteiger partial charge in [0.05, 0.1) is 6.54 Å². The van der Waals surface area contributed by atoms with Crippen LogP contribution in [0.25, 0.3) is 0 Å². The van der Waals surface area contributed by atoms with Gasteiger partial charge in [0, 0.05) is 41.6 Å². The first-order valence-corrected chi connectivity index (χ1v) is 11.7. The Morgan fingerprint density at radius 1 is 0.818 bits per heavy atom. The SMILES string of the molecule is CCCN(CCC)C(=O)c1ccc(NC(=O)CNc2ccc(C(=O)NC(C)CC)cc2)cc1. The molecule has 2 rings (SSSR count). The van der Waals surface area contributed by atoms with Gasteiger partial charge in [-0.1, -0.05) is 20.8 Å². The zero-order valence-electron chi connectivity index (χ0n) is 20.1. The summed E-state index contributed by atoms with van der Waals surface area (Å²) in [7, 11) is 0. The molecule has 0 bridgehead atoms. The lowest BCUT2D eigenvalue weighted by Crippen LogP contribution is -2.32. The summed E-state index contributed by atoms with van der Waals surface area (Å²) in [6.45, 7) is 9.65. The molecular weight excluding hydrogens is 416 g/mol. The van der Waals surface area contributed by atoms with Crippen molar-refractivity contribution in [2.24, 2.45) is 0 Å². The van der Waals surface area contributed by atoms with Crippen LogP contribution in [0, 0.1) is 0 Å². The number of nitrogens with zero attached hydrogens (tertiary/aromatic N) is 1. The zero-order valence-corrected chi connectivity index (χ0v) is 20.1. The van der Waals surface area contributed by atoms with Crippen molar-refractivity contribution >= 4 is 29.1 Å². The first-order valence-electron chi connectivity index (χ1n) is 11.7. The van der Waals surface area contributed by atoms with Crippen molar-refractivity contribution in [2.45, 2.75) is 53.0 Å². The molecule has 3 amide bonds. The smallest absolute Gasteiger partial charge is 0.253 e. The molecule has 1 atom stereocenters. The monoisotopic (exact) mass is 452 g/mol. The highest BCUT2D eigenvalue weighted by Crippen LogP contribution is 2.13. The topological polar surface area (TPSA) is 90.5 Å². The molecule has 178 valence electrons. The number of benzene rings is 2. The van der Waals surface area contributed by atoms with Crippen LogP contribution in [0.2, 0.25) is 0 Å². The fourth-order valence-electron chi connectivity index (χ4n) is 3.27. The van der Waals surface area contributed by atoms with E-state index >= 15 is 0 Å². The largest absolute Gasteiger partial charge is 0.376 e. The standard InChI is InChI=1S/C26H36N4O3/c1-5-16-30(17-6-2)26(33)21-10-14-23(15-11-21)29-24(31)18-27-22-12-8-20(9-13-22)25(32)28-19(4)7-3/h8-15,19,27H,5-7,16-18H2,1-4H3,(H,28,32)(H,29,31). The van der Waals surface area contributed by atoms with E-state index in [4.69, 9.17) is 0 Å². The van der Waals surface area contributed by atoms with E-state index in [0.717, 1.165) is 38.0 Å². The average molecular weight is 453 g/mol. The molecule has 0 aromatic heterocycles. The first kappa shape index (κ1) is 25.9. The van der Waals surface area contributed by atoms with Gasteiger partial charge in [-0.05, 0) is 74.7 Å². The minimum absolute atomic E-state index is 0.0134. The molecule has 0 fully saturated rings. The highest BCUT2D eigenvalue weighted by Gasteiger charge is 2.14. The van der Waals surface area contributed by atoms with Crippen molar-refractivity contribution < 1.29 is 14.4 Å². The maximum Gasteiger partial charge on any atom is 0.253 e. The van der Waals surface area contributed by atoms with Crippen molar-refractivity contribution in [1.82, 2.24) is 10.2 Å². The third-order valence-electron chi connectivity index (χ3n) is 5.28. The Morgan fingerprint density at radius 3 is 1.91 bits per heavy atom. The molecule has 2 aromatic carbocycles. The van der Waals surface area contributed by atoms with Crippen molar-refractivity contribution in [1.29, 1.82) is 0 Å². The summed E-state index contributed by atoms with van der Waals surface area (Å²) in [5.74, 6) is -0.297. The summed E-state index contributed by atoms with van der Waals surface area (Å²) in [5.41, 5.74) is 2.58. The number of anilines is 2. The summed E-state index contributed by atoms with van der Waals surface area (Å²) in [6.07, 6.45) is 2.71. The fourth-order valence-corrected chi connectivity index (χ4v) is 3.27. The van der Waals surface area contributed by atoms with Gasteiger partial charge < -0.3 is 20.9 Å². The molecule has 0 aliphatic carbocycles. The molecular formula is C26H36N4O3. The van der Waals surface area contributed by atoms with Crippen LogP contribution in [-0.2, 0) is 4.79 Å². The van der Waals surface area contributed by atoms with Gasteiger partial charge in [-0.15, -0.1) is 0 Å². The average Bonchev–Trinajstić information content (AvgIpc) is 2.82. The molecule has 0 aliphatic rings. The van der Waals surface area contributed by atoms with E-state index in [2.05, 4.69) is 29.8 Å². The molecule has 0 saturated carbocycles. The molecule has 7 nitrogen and oxygen atoms in total. The van der Waals surface area contributed by atoms with Crippen LogP contribution in [0.5, 0.6) is 0 Å². The summed E-state index contributed by atoms with van der Waals surface area (Å²) in [5, 5.41) is 8.80. The van der Waals surface area contributed by atoms with Crippen molar-refractivity contribution in [3.8, 4) is 0 Å². The number of nitrogens with one attached hydrogen (secondary N) is 3. The molecule has 33 heavy (non-hydrogen) atoms. The predicted molar refractivity (Wildman–Crippen MR) is 134 cm³/mol. The molecule has 1 unspecified atom stereocenters. The Bertz CT molecular complexity index is 904. The van der Waals surface area contributed by atoms with E-state index in [1.54, 1.807) is 48.5 Å². The van der Waals surface area contributed by atoms with Gasteiger partial charge in [-0.3, -0.25) is 14.4 Å². The van der Waals surface area contributed by atoms with E-state index in [9.17, 15) is 14.4 Å². The van der Waals surface area contributed by atoms with Crippen molar-refractivity contribution in [3.05, 3.63) is 59.7 Å². The van der Waals surface area contributed by atoms with Crippen LogP contribution < -0.4 is 16.0 Å². The van der Waals surface area contributed by atoms with E-state index in [1.807, 2.05) is 18.7 Å². The second-order valence-corrected chi connectivity index (χ2v) is 8.13. The first-order chi connectivity index (χ1) is 15.9. The molecule has 0 saturated heterocycles. The minimum Gasteiger partial charge on any atom is -0.376 e. The summed E-state index contributed by atoms with van der Waals surface area (Å²) < 4.78 is 0. The van der Waals surface area contributed by atoms with Crippen LogP contribution in [0.15, 0.2) is 48.5 Å². The molecule has 0 aliphatic heterocycles. The van der Waals surface area contributed by atoms with Crippen LogP contribution >= 0.6 is 0 Å². The van der Waals surface area contributed by atoms with Crippen LogP contribution in [0.1, 0.15) is 67.7 Å². The van der Waals surface area contributed by atoms with Crippen LogP contribution in [-0.4, -0.2) is 48.3 Å². The van der Waals surface area contributed by atoms with E-state index in [-0.39, 0.29) is 30.3 Å². The Kier molecular flexibility index (Phi) is 10.4. The van der Waals surface area contributed by atoms with Crippen molar-refractivity contribution in [3.63, 3.8) is 0 Å². The second-order valence-electron chi connectivity index (χ2n) is 8.13. The molecule has 0 radical (unpaired) electrons.